The molecule has 2 N–H and O–H groups in total. The molecule has 2 unspecified atom stereocenters. The Hall–Kier alpha value is -2.26. The molecule has 2 atom stereocenters. The zero-order valence-corrected chi connectivity index (χ0v) is 20.3. The van der Waals surface area contributed by atoms with E-state index in [-0.39, 0.29) is 18.1 Å². The van der Waals surface area contributed by atoms with Gasteiger partial charge in [0.25, 0.3) is 0 Å². The van der Waals surface area contributed by atoms with Crippen LogP contribution in [0.5, 0.6) is 0 Å². The van der Waals surface area contributed by atoms with Gasteiger partial charge < -0.3 is 10.0 Å². The molecule has 2 aromatic rings. The predicted octanol–water partition coefficient (Wildman–Crippen LogP) is 1.98. The molecule has 0 saturated carbocycles. The molecule has 1 aliphatic rings. The van der Waals surface area contributed by atoms with E-state index in [0.717, 1.165) is 48.8 Å². The Labute approximate surface area is 197 Å². The maximum Gasteiger partial charge on any atom is 0.227 e. The summed E-state index contributed by atoms with van der Waals surface area (Å²) in [6, 6.07) is 17.9. The van der Waals surface area contributed by atoms with Crippen molar-refractivity contribution >= 4 is 15.9 Å². The van der Waals surface area contributed by atoms with Crippen molar-refractivity contribution in [3.63, 3.8) is 0 Å². The van der Waals surface area contributed by atoms with Crippen LogP contribution in [0.4, 0.5) is 0 Å². The number of aliphatic hydroxyl groups is 1. The summed E-state index contributed by atoms with van der Waals surface area (Å²) in [6.45, 7) is 2.60. The van der Waals surface area contributed by atoms with E-state index in [1.165, 1.54) is 0 Å². The summed E-state index contributed by atoms with van der Waals surface area (Å²) in [5.41, 5.74) is 3.16. The molecular weight excluding hydrogens is 438 g/mol. The highest BCUT2D eigenvalue weighted by atomic mass is 32.2. The summed E-state index contributed by atoms with van der Waals surface area (Å²) in [6.07, 6.45) is 3.45. The van der Waals surface area contributed by atoms with E-state index in [2.05, 4.69) is 9.62 Å². The van der Waals surface area contributed by atoms with Gasteiger partial charge in [-0.1, -0.05) is 54.6 Å². The minimum absolute atomic E-state index is 0.0497. The number of hydrogen-bond donors (Lipinski definition) is 2. The quantitative estimate of drug-likeness (QED) is 0.487. The molecule has 0 bridgehead atoms. The maximum atomic E-state index is 13.1. The second-order valence-corrected chi connectivity index (χ2v) is 10.7. The monoisotopic (exact) mass is 473 g/mol. The number of carbonyl (C=O) groups excluding carboxylic acids is 1. The second kappa shape index (κ2) is 11.7. The molecule has 180 valence electrons. The van der Waals surface area contributed by atoms with Crippen molar-refractivity contribution in [2.75, 3.05) is 39.5 Å². The lowest BCUT2D eigenvalue weighted by Crippen LogP contribution is -2.39. The topological polar surface area (TPSA) is 90.0 Å². The number of likely N-dealkylation sites (N-methyl/N-ethyl adjacent to an activating group) is 1. The van der Waals surface area contributed by atoms with Crippen molar-refractivity contribution in [2.24, 2.45) is 0 Å². The lowest BCUT2D eigenvalue weighted by Gasteiger charge is -2.32. The average Bonchev–Trinajstić information content (AvgIpc) is 3.20. The van der Waals surface area contributed by atoms with Crippen molar-refractivity contribution < 1.29 is 18.3 Å². The van der Waals surface area contributed by atoms with Crippen LogP contribution in [0, 0.1) is 0 Å². The number of hydrogen-bond acceptors (Lipinski definition) is 5. The number of nitrogens with zero attached hydrogens (tertiary/aromatic N) is 2. The van der Waals surface area contributed by atoms with Crippen LogP contribution in [0.25, 0.3) is 0 Å². The number of benzene rings is 2. The Morgan fingerprint density at radius 3 is 2.42 bits per heavy atom. The molecule has 8 heteroatoms. The fourth-order valence-electron chi connectivity index (χ4n) is 4.20. The van der Waals surface area contributed by atoms with Crippen molar-refractivity contribution in [1.82, 2.24) is 14.5 Å². The van der Waals surface area contributed by atoms with Crippen LogP contribution >= 0.6 is 0 Å². The average molecular weight is 474 g/mol. The summed E-state index contributed by atoms with van der Waals surface area (Å²) >= 11 is 0. The first-order valence-corrected chi connectivity index (χ1v) is 13.3. The van der Waals surface area contributed by atoms with Gasteiger partial charge in [0.15, 0.2) is 0 Å². The van der Waals surface area contributed by atoms with Gasteiger partial charge in [0.05, 0.1) is 24.8 Å². The number of sulfonamides is 1. The largest absolute Gasteiger partial charge is 0.392 e. The highest BCUT2D eigenvalue weighted by molar-refractivity contribution is 7.88. The van der Waals surface area contributed by atoms with Crippen LogP contribution in [-0.2, 0) is 27.7 Å². The van der Waals surface area contributed by atoms with Gasteiger partial charge in [-0.2, -0.15) is 0 Å². The fraction of sp³-hybridized carbons (Fsp3) is 0.480. The third kappa shape index (κ3) is 8.23. The van der Waals surface area contributed by atoms with E-state index in [9.17, 15) is 18.3 Å². The molecule has 0 radical (unpaired) electrons. The van der Waals surface area contributed by atoms with Gasteiger partial charge in [-0.3, -0.25) is 9.69 Å². The summed E-state index contributed by atoms with van der Waals surface area (Å²) in [5.74, 6) is 0.0497. The smallest absolute Gasteiger partial charge is 0.227 e. The van der Waals surface area contributed by atoms with E-state index in [4.69, 9.17) is 0 Å². The number of carbonyl (C=O) groups is 1. The molecule has 0 aromatic heterocycles. The SMILES string of the molecule is CN(C(=O)Cc1ccc(CCCNS(C)(=O)=O)cc1)C(CN1CCC(O)C1)c1ccccc1. The Balaban J connectivity index is 1.58. The molecule has 0 aliphatic carbocycles. The third-order valence-corrected chi connectivity index (χ3v) is 6.84. The van der Waals surface area contributed by atoms with E-state index < -0.39 is 10.0 Å². The van der Waals surface area contributed by atoms with Gasteiger partial charge in [-0.15, -0.1) is 0 Å². The van der Waals surface area contributed by atoms with E-state index >= 15 is 0 Å². The van der Waals surface area contributed by atoms with Crippen molar-refractivity contribution in [3.05, 3.63) is 71.3 Å². The Morgan fingerprint density at radius 2 is 1.82 bits per heavy atom. The first-order chi connectivity index (χ1) is 15.7. The molecule has 1 amide bonds. The second-order valence-electron chi connectivity index (χ2n) is 8.90. The van der Waals surface area contributed by atoms with Gasteiger partial charge in [-0.05, 0) is 36.0 Å². The van der Waals surface area contributed by atoms with Gasteiger partial charge in [0.2, 0.25) is 15.9 Å². The first-order valence-electron chi connectivity index (χ1n) is 11.4. The van der Waals surface area contributed by atoms with Crippen LogP contribution in [0.3, 0.4) is 0 Å². The highest BCUT2D eigenvalue weighted by Gasteiger charge is 2.28. The summed E-state index contributed by atoms with van der Waals surface area (Å²) in [5, 5.41) is 9.90. The van der Waals surface area contributed by atoms with E-state index in [1.54, 1.807) is 0 Å². The maximum absolute atomic E-state index is 13.1. The molecule has 1 heterocycles. The van der Waals surface area contributed by atoms with Crippen molar-refractivity contribution in [1.29, 1.82) is 0 Å². The standard InChI is InChI=1S/C25H35N3O4S/c1-27(24(22-8-4-3-5-9-22)19-28-16-14-23(29)18-28)25(30)17-21-12-10-20(11-13-21)7-6-15-26-33(2,31)32/h3-5,8-13,23-24,26,29H,6-7,14-19H2,1-2H3. The lowest BCUT2D eigenvalue weighted by atomic mass is 10.0. The number of likely N-dealkylation sites (tertiary alicyclic amines) is 1. The molecule has 1 aliphatic heterocycles. The number of aliphatic hydroxyl groups excluding tert-OH is 1. The summed E-state index contributed by atoms with van der Waals surface area (Å²) in [4.78, 5) is 17.2. The van der Waals surface area contributed by atoms with Crippen molar-refractivity contribution in [3.8, 4) is 0 Å². The molecule has 1 saturated heterocycles. The zero-order chi connectivity index (χ0) is 23.8. The minimum Gasteiger partial charge on any atom is -0.392 e. The van der Waals surface area contributed by atoms with Gasteiger partial charge in [0, 0.05) is 33.2 Å². The Kier molecular flexibility index (Phi) is 9.02. The number of rotatable bonds is 11. The summed E-state index contributed by atoms with van der Waals surface area (Å²) < 4.78 is 24.8. The number of nitrogens with one attached hydrogen (secondary N) is 1. The molecule has 2 aromatic carbocycles. The highest BCUT2D eigenvalue weighted by Crippen LogP contribution is 2.24. The number of amides is 1. The van der Waals surface area contributed by atoms with Crippen molar-refractivity contribution in [2.45, 2.75) is 37.8 Å². The molecule has 33 heavy (non-hydrogen) atoms. The van der Waals surface area contributed by atoms with E-state index in [1.807, 2.05) is 66.5 Å². The summed E-state index contributed by atoms with van der Waals surface area (Å²) in [7, 11) is -1.30. The van der Waals surface area contributed by atoms with Gasteiger partial charge in [-0.25, -0.2) is 13.1 Å². The molecule has 0 spiro atoms. The lowest BCUT2D eigenvalue weighted by molar-refractivity contribution is -0.131. The predicted molar refractivity (Wildman–Crippen MR) is 130 cm³/mol. The van der Waals surface area contributed by atoms with Crippen LogP contribution in [0.2, 0.25) is 0 Å². The number of aryl methyl sites for hydroxylation is 1. The zero-order valence-electron chi connectivity index (χ0n) is 19.5. The van der Waals surface area contributed by atoms with Crippen LogP contribution in [0.15, 0.2) is 54.6 Å². The van der Waals surface area contributed by atoms with Gasteiger partial charge in [0.1, 0.15) is 0 Å². The van der Waals surface area contributed by atoms with Crippen LogP contribution < -0.4 is 4.72 Å². The minimum atomic E-state index is -3.15. The Morgan fingerprint density at radius 1 is 1.15 bits per heavy atom. The molecule has 7 nitrogen and oxygen atoms in total. The number of β-amino-alcohol motifs (C(OH)–C–C–N with tert-alkyl or cyclic N) is 1. The van der Waals surface area contributed by atoms with E-state index in [0.29, 0.717) is 26.1 Å². The molecular formula is C25H35N3O4S. The molecule has 1 fully saturated rings. The first kappa shape index (κ1) is 25.4. The molecule has 3 rings (SSSR count). The van der Waals surface area contributed by atoms with Crippen LogP contribution in [0.1, 0.15) is 35.6 Å². The normalized spacial score (nSPS) is 17.7. The van der Waals surface area contributed by atoms with Gasteiger partial charge >= 0.3 is 0 Å². The van der Waals surface area contributed by atoms with Crippen LogP contribution in [-0.4, -0.2) is 74.8 Å². The Bertz CT molecular complexity index is 996. The fourth-order valence-corrected chi connectivity index (χ4v) is 4.71. The third-order valence-electron chi connectivity index (χ3n) is 6.11.